The maximum Gasteiger partial charge on any atom is 0.433 e. The fourth-order valence-electron chi connectivity index (χ4n) is 1.87. The number of halogens is 3. The van der Waals surface area contributed by atoms with E-state index in [1.54, 1.807) is 11.8 Å². The molecule has 2 aromatic rings. The molecule has 2 rings (SSSR count). The number of aromatic amines is 1. The third-order valence-electron chi connectivity index (χ3n) is 2.69. The molecule has 0 spiro atoms. The standard InChI is InChI=1S/C14H15F3N2S/c1-9(2)20-12-5-3-10(4-6-12)7-11-8-18-19-13(11)14(15,16)17/h3-6,8-9H,7H2,1-2H3,(H,18,19). The predicted molar refractivity (Wildman–Crippen MR) is 73.8 cm³/mol. The lowest BCUT2D eigenvalue weighted by Crippen LogP contribution is -2.09. The minimum Gasteiger partial charge on any atom is -0.273 e. The Morgan fingerprint density at radius 3 is 2.40 bits per heavy atom. The van der Waals surface area contributed by atoms with E-state index in [0.29, 0.717) is 5.25 Å². The van der Waals surface area contributed by atoms with Crippen LogP contribution >= 0.6 is 11.8 Å². The van der Waals surface area contributed by atoms with Crippen molar-refractivity contribution in [2.75, 3.05) is 0 Å². The van der Waals surface area contributed by atoms with Crippen LogP contribution in [0.2, 0.25) is 0 Å². The molecule has 0 amide bonds. The van der Waals surface area contributed by atoms with Gasteiger partial charge in [-0.25, -0.2) is 0 Å². The van der Waals surface area contributed by atoms with Crippen LogP contribution in [-0.4, -0.2) is 15.4 Å². The lowest BCUT2D eigenvalue weighted by molar-refractivity contribution is -0.141. The van der Waals surface area contributed by atoms with E-state index < -0.39 is 11.9 Å². The summed E-state index contributed by atoms with van der Waals surface area (Å²) < 4.78 is 38.2. The first-order valence-electron chi connectivity index (χ1n) is 6.21. The number of hydrogen-bond donors (Lipinski definition) is 1. The molecule has 6 heteroatoms. The number of nitrogens with one attached hydrogen (secondary N) is 1. The van der Waals surface area contributed by atoms with Gasteiger partial charge in [0, 0.05) is 22.1 Å². The number of alkyl halides is 3. The molecule has 0 bridgehead atoms. The van der Waals surface area contributed by atoms with Gasteiger partial charge < -0.3 is 0 Å². The Hall–Kier alpha value is -1.43. The lowest BCUT2D eigenvalue weighted by Gasteiger charge is -2.08. The van der Waals surface area contributed by atoms with Crippen LogP contribution in [0.1, 0.15) is 30.7 Å². The number of H-pyrrole nitrogens is 1. The molecule has 0 fully saturated rings. The number of benzene rings is 1. The van der Waals surface area contributed by atoms with Crippen molar-refractivity contribution in [3.05, 3.63) is 47.3 Å². The van der Waals surface area contributed by atoms with Crippen LogP contribution in [0.4, 0.5) is 13.2 Å². The van der Waals surface area contributed by atoms with Crippen LogP contribution in [0.25, 0.3) is 0 Å². The number of nitrogens with zero attached hydrogens (tertiary/aromatic N) is 1. The summed E-state index contributed by atoms with van der Waals surface area (Å²) in [7, 11) is 0. The second-order valence-corrected chi connectivity index (χ2v) is 6.41. The lowest BCUT2D eigenvalue weighted by atomic mass is 10.1. The first-order valence-corrected chi connectivity index (χ1v) is 7.09. The molecule has 0 radical (unpaired) electrons. The number of aromatic nitrogens is 2. The van der Waals surface area contributed by atoms with Gasteiger partial charge in [-0.05, 0) is 17.7 Å². The summed E-state index contributed by atoms with van der Waals surface area (Å²) in [5.41, 5.74) is 0.241. The van der Waals surface area contributed by atoms with Crippen molar-refractivity contribution < 1.29 is 13.2 Å². The topological polar surface area (TPSA) is 28.7 Å². The van der Waals surface area contributed by atoms with E-state index in [0.717, 1.165) is 10.5 Å². The van der Waals surface area contributed by atoms with Crippen LogP contribution in [0.5, 0.6) is 0 Å². The van der Waals surface area contributed by atoms with Crippen LogP contribution in [0.3, 0.4) is 0 Å². The molecule has 1 N–H and O–H groups in total. The molecule has 0 unspecified atom stereocenters. The molecule has 108 valence electrons. The van der Waals surface area contributed by atoms with E-state index in [1.165, 1.54) is 6.20 Å². The second-order valence-electron chi connectivity index (χ2n) is 4.76. The molecule has 0 aliphatic heterocycles. The highest BCUT2D eigenvalue weighted by Crippen LogP contribution is 2.31. The van der Waals surface area contributed by atoms with Gasteiger partial charge in [0.2, 0.25) is 0 Å². The van der Waals surface area contributed by atoms with Crippen LogP contribution in [-0.2, 0) is 12.6 Å². The van der Waals surface area contributed by atoms with Crippen LogP contribution < -0.4 is 0 Å². The van der Waals surface area contributed by atoms with E-state index in [4.69, 9.17) is 0 Å². The highest BCUT2D eigenvalue weighted by Gasteiger charge is 2.35. The number of rotatable bonds is 4. The van der Waals surface area contributed by atoms with Gasteiger partial charge in [0.05, 0.1) is 6.20 Å². The second kappa shape index (κ2) is 5.91. The highest BCUT2D eigenvalue weighted by atomic mass is 32.2. The molecule has 2 nitrogen and oxygen atoms in total. The zero-order chi connectivity index (χ0) is 14.8. The molecule has 0 saturated heterocycles. The first kappa shape index (κ1) is 15.0. The van der Waals surface area contributed by atoms with Crippen LogP contribution in [0, 0.1) is 0 Å². The Morgan fingerprint density at radius 1 is 1.20 bits per heavy atom. The minimum atomic E-state index is -4.39. The van der Waals surface area contributed by atoms with Crippen molar-refractivity contribution in [2.24, 2.45) is 0 Å². The third-order valence-corrected chi connectivity index (χ3v) is 3.71. The van der Waals surface area contributed by atoms with Crippen molar-refractivity contribution >= 4 is 11.8 Å². The number of thioether (sulfide) groups is 1. The van der Waals surface area contributed by atoms with E-state index in [9.17, 15) is 13.2 Å². The molecular weight excluding hydrogens is 285 g/mol. The summed E-state index contributed by atoms with van der Waals surface area (Å²) in [6.07, 6.45) is -2.93. The summed E-state index contributed by atoms with van der Waals surface area (Å²) in [6, 6.07) is 7.59. The molecule has 0 aliphatic carbocycles. The summed E-state index contributed by atoms with van der Waals surface area (Å²) in [4.78, 5) is 1.12. The van der Waals surface area contributed by atoms with Gasteiger partial charge in [-0.2, -0.15) is 18.3 Å². The fourth-order valence-corrected chi connectivity index (χ4v) is 2.71. The van der Waals surface area contributed by atoms with Gasteiger partial charge in [-0.3, -0.25) is 5.10 Å². The maximum absolute atomic E-state index is 12.7. The monoisotopic (exact) mass is 300 g/mol. The zero-order valence-corrected chi connectivity index (χ0v) is 12.0. The maximum atomic E-state index is 12.7. The van der Waals surface area contributed by atoms with Crippen molar-refractivity contribution in [1.82, 2.24) is 10.2 Å². The molecule has 20 heavy (non-hydrogen) atoms. The molecular formula is C14H15F3N2S. The van der Waals surface area contributed by atoms with Gasteiger partial charge in [-0.15, -0.1) is 11.8 Å². The van der Waals surface area contributed by atoms with E-state index in [1.807, 2.05) is 29.4 Å². The van der Waals surface area contributed by atoms with Gasteiger partial charge in [0.25, 0.3) is 0 Å². The Morgan fingerprint density at radius 2 is 1.85 bits per heavy atom. The van der Waals surface area contributed by atoms with Crippen molar-refractivity contribution in [1.29, 1.82) is 0 Å². The summed E-state index contributed by atoms with van der Waals surface area (Å²) in [5.74, 6) is 0. The van der Waals surface area contributed by atoms with E-state index in [2.05, 4.69) is 18.9 Å². The normalized spacial score (nSPS) is 12.1. The van der Waals surface area contributed by atoms with Gasteiger partial charge in [0.1, 0.15) is 5.69 Å². The molecule has 1 aromatic heterocycles. The quantitative estimate of drug-likeness (QED) is 0.841. The summed E-state index contributed by atoms with van der Waals surface area (Å²) >= 11 is 1.72. The average molecular weight is 300 g/mol. The Kier molecular flexibility index (Phi) is 4.42. The summed E-state index contributed by atoms with van der Waals surface area (Å²) in [5, 5.41) is 6.00. The molecule has 0 saturated carbocycles. The van der Waals surface area contributed by atoms with E-state index >= 15 is 0 Å². The predicted octanol–water partition coefficient (Wildman–Crippen LogP) is 4.52. The Bertz CT molecular complexity index is 559. The first-order chi connectivity index (χ1) is 9.36. The molecule has 1 aromatic carbocycles. The Labute approximate surface area is 119 Å². The highest BCUT2D eigenvalue weighted by molar-refractivity contribution is 7.99. The smallest absolute Gasteiger partial charge is 0.273 e. The SMILES string of the molecule is CC(C)Sc1ccc(Cc2cn[nH]c2C(F)(F)F)cc1. The Balaban J connectivity index is 2.13. The fraction of sp³-hybridized carbons (Fsp3) is 0.357. The zero-order valence-electron chi connectivity index (χ0n) is 11.2. The third kappa shape index (κ3) is 3.79. The number of hydrogen-bond acceptors (Lipinski definition) is 2. The molecule has 0 aliphatic rings. The minimum absolute atomic E-state index is 0.168. The van der Waals surface area contributed by atoms with Crippen molar-refractivity contribution in [2.45, 2.75) is 36.6 Å². The van der Waals surface area contributed by atoms with Crippen molar-refractivity contribution in [3.63, 3.8) is 0 Å². The van der Waals surface area contributed by atoms with E-state index in [-0.39, 0.29) is 12.0 Å². The van der Waals surface area contributed by atoms with Gasteiger partial charge in [-0.1, -0.05) is 26.0 Å². The average Bonchev–Trinajstić information content (AvgIpc) is 2.79. The largest absolute Gasteiger partial charge is 0.433 e. The van der Waals surface area contributed by atoms with Gasteiger partial charge in [0.15, 0.2) is 0 Å². The van der Waals surface area contributed by atoms with Gasteiger partial charge >= 0.3 is 6.18 Å². The summed E-state index contributed by atoms with van der Waals surface area (Å²) in [6.45, 7) is 4.19. The molecule has 1 heterocycles. The molecule has 0 atom stereocenters. The van der Waals surface area contributed by atoms with Crippen molar-refractivity contribution in [3.8, 4) is 0 Å². The van der Waals surface area contributed by atoms with Crippen LogP contribution in [0.15, 0.2) is 35.4 Å².